The van der Waals surface area contributed by atoms with E-state index in [0.717, 1.165) is 57.5 Å². The molecule has 2 aliphatic heterocycles. The number of carbonyl (C=O) groups excluding carboxylic acids is 2. The Morgan fingerprint density at radius 3 is 1.60 bits per heavy atom. The van der Waals surface area contributed by atoms with Gasteiger partial charge in [-0.05, 0) is 89.3 Å². The molecule has 0 spiro atoms. The van der Waals surface area contributed by atoms with Crippen molar-refractivity contribution < 1.29 is 9.59 Å². The number of amides is 2. The first-order chi connectivity index (χ1) is 20.5. The van der Waals surface area contributed by atoms with Crippen LogP contribution in [0.1, 0.15) is 46.4 Å². The molecule has 218 valence electrons. The van der Waals surface area contributed by atoms with Crippen LogP contribution in [0, 0.1) is 0 Å². The van der Waals surface area contributed by atoms with Crippen molar-refractivity contribution in [3.8, 4) is 0 Å². The van der Waals surface area contributed by atoms with Gasteiger partial charge in [-0.1, -0.05) is 33.7 Å². The summed E-state index contributed by atoms with van der Waals surface area (Å²) in [6, 6.07) is 16.2. The Morgan fingerprint density at radius 2 is 1.19 bits per heavy atom. The van der Waals surface area contributed by atoms with Crippen LogP contribution in [0.4, 0.5) is 0 Å². The molecule has 0 bridgehead atoms. The molecule has 6 rings (SSSR count). The van der Waals surface area contributed by atoms with Crippen LogP contribution < -0.4 is 10.6 Å². The maximum atomic E-state index is 13.2. The van der Waals surface area contributed by atoms with Crippen LogP contribution >= 0.6 is 21.6 Å². The van der Waals surface area contributed by atoms with E-state index in [1.807, 2.05) is 48.5 Å². The number of likely N-dealkylation sites (N-methyl/N-ethyl adjacent to an activating group) is 2. The minimum Gasteiger partial charge on any atom is -0.350 e. The van der Waals surface area contributed by atoms with E-state index >= 15 is 0 Å². The maximum absolute atomic E-state index is 13.2. The lowest BCUT2D eigenvalue weighted by molar-refractivity contribution is 0.0937. The SMILES string of the molecule is CN1CCCC1CNC(=O)c1ccc(SSc2ccc(C(=O)NCC3CCCN3C)c3cccnc23)c2ncccc12. The zero-order chi connectivity index (χ0) is 29.1. The van der Waals surface area contributed by atoms with Crippen LogP contribution in [0.25, 0.3) is 21.8 Å². The third-order valence-corrected chi connectivity index (χ3v) is 10.9. The summed E-state index contributed by atoms with van der Waals surface area (Å²) in [5.74, 6) is -0.137. The number of hydrogen-bond acceptors (Lipinski definition) is 8. The molecule has 0 aliphatic carbocycles. The lowest BCUT2D eigenvalue weighted by Gasteiger charge is -2.20. The molecule has 10 heteroatoms. The Kier molecular flexibility index (Phi) is 8.95. The largest absolute Gasteiger partial charge is 0.350 e. The van der Waals surface area contributed by atoms with Gasteiger partial charge in [0.1, 0.15) is 0 Å². The number of carbonyl (C=O) groups is 2. The third-order valence-electron chi connectivity index (χ3n) is 8.52. The molecule has 2 aromatic heterocycles. The normalized spacial score (nSPS) is 19.5. The second-order valence-corrected chi connectivity index (χ2v) is 13.4. The molecule has 2 unspecified atom stereocenters. The number of likely N-dealkylation sites (tertiary alicyclic amines) is 2. The topological polar surface area (TPSA) is 90.5 Å². The van der Waals surface area contributed by atoms with E-state index in [-0.39, 0.29) is 11.8 Å². The molecule has 8 nitrogen and oxygen atoms in total. The number of nitrogens with one attached hydrogen (secondary N) is 2. The summed E-state index contributed by atoms with van der Waals surface area (Å²) in [4.78, 5) is 42.2. The highest BCUT2D eigenvalue weighted by atomic mass is 33.1. The van der Waals surface area contributed by atoms with Crippen molar-refractivity contribution in [3.05, 3.63) is 72.1 Å². The van der Waals surface area contributed by atoms with Crippen LogP contribution in [0.15, 0.2) is 70.7 Å². The van der Waals surface area contributed by atoms with Crippen molar-refractivity contribution in [1.82, 2.24) is 30.4 Å². The Bertz CT molecular complexity index is 1500. The zero-order valence-corrected chi connectivity index (χ0v) is 25.6. The summed E-state index contributed by atoms with van der Waals surface area (Å²) in [7, 11) is 7.40. The lowest BCUT2D eigenvalue weighted by atomic mass is 10.1. The summed E-state index contributed by atoms with van der Waals surface area (Å²) in [6.07, 6.45) is 8.09. The van der Waals surface area contributed by atoms with Gasteiger partial charge in [-0.2, -0.15) is 0 Å². The molecule has 42 heavy (non-hydrogen) atoms. The van der Waals surface area contributed by atoms with Crippen LogP contribution in [0.2, 0.25) is 0 Å². The number of benzene rings is 2. The van der Waals surface area contributed by atoms with Gasteiger partial charge in [0.25, 0.3) is 11.8 Å². The second kappa shape index (κ2) is 13.0. The molecule has 2 aliphatic rings. The van der Waals surface area contributed by atoms with Gasteiger partial charge in [-0.15, -0.1) is 0 Å². The standard InChI is InChI=1S/C32H36N6O2S2/c1-37-17-5-7-21(37)19-35-31(39)25-11-13-27(29-23(25)9-3-15-33-29)41-42-28-14-12-26(24-10-4-16-34-30(24)28)32(40)36-20-22-8-6-18-38(22)2/h3-4,9-16,21-22H,5-8,17-20H2,1-2H3,(H,35,39)(H,36,40). The highest BCUT2D eigenvalue weighted by molar-refractivity contribution is 8.76. The summed E-state index contributed by atoms with van der Waals surface area (Å²) in [5.41, 5.74) is 2.87. The summed E-state index contributed by atoms with van der Waals surface area (Å²) in [5, 5.41) is 7.95. The smallest absolute Gasteiger partial charge is 0.252 e. The number of hydrogen-bond donors (Lipinski definition) is 2. The molecule has 2 atom stereocenters. The fourth-order valence-corrected chi connectivity index (χ4v) is 8.26. The van der Waals surface area contributed by atoms with Crippen molar-refractivity contribution in [3.63, 3.8) is 0 Å². The van der Waals surface area contributed by atoms with E-state index in [4.69, 9.17) is 0 Å². The predicted octanol–water partition coefficient (Wildman–Crippen LogP) is 5.23. The molecule has 2 fully saturated rings. The zero-order valence-electron chi connectivity index (χ0n) is 24.0. The Hall–Kier alpha value is -3.18. The Labute approximate surface area is 254 Å². The van der Waals surface area contributed by atoms with Gasteiger partial charge in [0.05, 0.1) is 11.0 Å². The van der Waals surface area contributed by atoms with E-state index in [2.05, 4.69) is 44.5 Å². The number of nitrogens with zero attached hydrogens (tertiary/aromatic N) is 4. The van der Waals surface area contributed by atoms with Crippen LogP contribution in [-0.2, 0) is 0 Å². The molecule has 0 saturated carbocycles. The van der Waals surface area contributed by atoms with Gasteiger partial charge in [0, 0.05) is 69.3 Å². The average Bonchev–Trinajstić information content (AvgIpc) is 3.63. The fourth-order valence-electron chi connectivity index (χ4n) is 6.00. The average molecular weight is 601 g/mol. The lowest BCUT2D eigenvalue weighted by Crippen LogP contribution is -2.38. The minimum atomic E-state index is -0.0684. The van der Waals surface area contributed by atoms with E-state index in [1.54, 1.807) is 34.0 Å². The van der Waals surface area contributed by atoms with Gasteiger partial charge in [-0.3, -0.25) is 19.6 Å². The van der Waals surface area contributed by atoms with E-state index in [1.165, 1.54) is 12.8 Å². The molecular weight excluding hydrogens is 565 g/mol. The first-order valence-corrected chi connectivity index (χ1v) is 16.7. The first kappa shape index (κ1) is 28.9. The Morgan fingerprint density at radius 1 is 0.738 bits per heavy atom. The molecule has 4 heterocycles. The van der Waals surface area contributed by atoms with Gasteiger partial charge >= 0.3 is 0 Å². The first-order valence-electron chi connectivity index (χ1n) is 14.6. The van der Waals surface area contributed by atoms with Crippen molar-refractivity contribution in [2.24, 2.45) is 0 Å². The summed E-state index contributed by atoms with van der Waals surface area (Å²) in [6.45, 7) is 3.45. The van der Waals surface area contributed by atoms with Crippen LogP contribution in [0.5, 0.6) is 0 Å². The fraction of sp³-hybridized carbons (Fsp3) is 0.375. The Balaban J connectivity index is 1.18. The molecule has 0 radical (unpaired) electrons. The number of aromatic nitrogens is 2. The predicted molar refractivity (Wildman–Crippen MR) is 171 cm³/mol. The molecule has 4 aromatic rings. The van der Waals surface area contributed by atoms with E-state index in [9.17, 15) is 9.59 Å². The van der Waals surface area contributed by atoms with Crippen molar-refractivity contribution in [1.29, 1.82) is 0 Å². The molecule has 2 N–H and O–H groups in total. The van der Waals surface area contributed by atoms with E-state index in [0.29, 0.717) is 36.3 Å². The number of rotatable bonds is 9. The van der Waals surface area contributed by atoms with Gasteiger partial charge in [0.15, 0.2) is 0 Å². The van der Waals surface area contributed by atoms with Gasteiger partial charge in [0.2, 0.25) is 0 Å². The second-order valence-electron chi connectivity index (χ2n) is 11.2. The third kappa shape index (κ3) is 6.13. The highest BCUT2D eigenvalue weighted by Gasteiger charge is 2.24. The molecule has 2 saturated heterocycles. The van der Waals surface area contributed by atoms with Crippen LogP contribution in [-0.4, -0.2) is 83.9 Å². The highest BCUT2D eigenvalue weighted by Crippen LogP contribution is 2.43. The molecular formula is C32H36N6O2S2. The molecule has 2 amide bonds. The van der Waals surface area contributed by atoms with Gasteiger partial charge < -0.3 is 20.4 Å². The minimum absolute atomic E-state index is 0.0684. The van der Waals surface area contributed by atoms with Crippen molar-refractivity contribution in [2.75, 3.05) is 40.3 Å². The maximum Gasteiger partial charge on any atom is 0.252 e. The van der Waals surface area contributed by atoms with Gasteiger partial charge in [-0.25, -0.2) is 0 Å². The number of fused-ring (bicyclic) bond motifs is 2. The number of pyridine rings is 2. The van der Waals surface area contributed by atoms with E-state index < -0.39 is 0 Å². The quantitative estimate of drug-likeness (QED) is 0.253. The molecule has 2 aromatic carbocycles. The summed E-state index contributed by atoms with van der Waals surface area (Å²) < 4.78 is 0. The van der Waals surface area contributed by atoms with Crippen molar-refractivity contribution >= 4 is 55.2 Å². The van der Waals surface area contributed by atoms with Crippen molar-refractivity contribution in [2.45, 2.75) is 47.6 Å². The monoisotopic (exact) mass is 600 g/mol. The van der Waals surface area contributed by atoms with Crippen LogP contribution in [0.3, 0.4) is 0 Å². The summed E-state index contributed by atoms with van der Waals surface area (Å²) >= 11 is 0.